The van der Waals surface area contributed by atoms with Gasteiger partial charge < -0.3 is 31.1 Å². The summed E-state index contributed by atoms with van der Waals surface area (Å²) < 4.78 is 34.5. The molecule has 2 rings (SSSR count). The van der Waals surface area contributed by atoms with Gasteiger partial charge in [-0.2, -0.15) is 0 Å². The second kappa shape index (κ2) is 12.3. The van der Waals surface area contributed by atoms with E-state index in [2.05, 4.69) is 0 Å². The standard InChI is InChI=1S/C13H26O6P2.2H2N.Pt/c14-20(15,18-12-7-3-1-4-8-12)11-21(16,17)19-13-9-5-2-6-10-13;;;/h12-13H,1-11H2,(H,14,15)(H,16,17);2*1H2;/q;2*-1;+2. The van der Waals surface area contributed by atoms with E-state index >= 15 is 0 Å². The fraction of sp³-hybridized carbons (Fsp3) is 1.00. The van der Waals surface area contributed by atoms with E-state index in [1.807, 2.05) is 0 Å². The van der Waals surface area contributed by atoms with Crippen molar-refractivity contribution >= 4 is 15.2 Å². The third-order valence-electron chi connectivity index (χ3n) is 4.09. The average Bonchev–Trinajstić information content (AvgIpc) is 2.38. The minimum atomic E-state index is -4.09. The molecule has 0 aliphatic heterocycles. The zero-order valence-corrected chi connectivity index (χ0v) is 17.9. The van der Waals surface area contributed by atoms with Crippen LogP contribution in [-0.4, -0.2) is 27.9 Å². The molecule has 8 nitrogen and oxygen atoms in total. The largest absolute Gasteiger partial charge is 2.00 e. The summed E-state index contributed by atoms with van der Waals surface area (Å²) >= 11 is 0. The zero-order valence-electron chi connectivity index (χ0n) is 13.8. The fourth-order valence-corrected chi connectivity index (χ4v) is 6.79. The van der Waals surface area contributed by atoms with Crippen molar-refractivity contribution in [1.82, 2.24) is 0 Å². The second-order valence-corrected chi connectivity index (χ2v) is 10.3. The van der Waals surface area contributed by atoms with Gasteiger partial charge in [-0.1, -0.05) is 38.5 Å². The Balaban J connectivity index is 0. The van der Waals surface area contributed by atoms with E-state index in [0.29, 0.717) is 0 Å². The summed E-state index contributed by atoms with van der Waals surface area (Å²) in [6.45, 7) is 0. The van der Waals surface area contributed by atoms with Gasteiger partial charge in [0.25, 0.3) is 0 Å². The van der Waals surface area contributed by atoms with Crippen LogP contribution in [0.1, 0.15) is 64.2 Å². The van der Waals surface area contributed by atoms with E-state index in [0.717, 1.165) is 64.2 Å². The van der Waals surface area contributed by atoms with Crippen molar-refractivity contribution in [3.63, 3.8) is 0 Å². The Kier molecular flexibility index (Phi) is 13.9. The summed E-state index contributed by atoms with van der Waals surface area (Å²) in [5, 5.41) is 0. The molecular weight excluding hydrogens is 537 g/mol. The normalized spacial score (nSPS) is 24.4. The molecule has 2 unspecified atom stereocenters. The van der Waals surface area contributed by atoms with Gasteiger partial charge in [-0.3, -0.25) is 9.13 Å². The van der Waals surface area contributed by atoms with Crippen LogP contribution < -0.4 is 0 Å². The second-order valence-electron chi connectivity index (χ2n) is 6.15. The van der Waals surface area contributed by atoms with Gasteiger partial charge in [0, 0.05) is 0 Å². The molecule has 2 aliphatic rings. The molecular formula is C13H30N2O6P2Pt. The molecule has 0 amide bonds. The Hall–Kier alpha value is 0.908. The Labute approximate surface area is 159 Å². The van der Waals surface area contributed by atoms with E-state index in [9.17, 15) is 18.9 Å². The van der Waals surface area contributed by atoms with E-state index in [1.165, 1.54) is 0 Å². The molecule has 24 heavy (non-hydrogen) atoms. The molecule has 2 fully saturated rings. The van der Waals surface area contributed by atoms with Crippen LogP contribution in [0.3, 0.4) is 0 Å². The minimum absolute atomic E-state index is 0. The monoisotopic (exact) mass is 567 g/mol. The van der Waals surface area contributed by atoms with E-state index < -0.39 is 21.1 Å². The quantitative estimate of drug-likeness (QED) is 0.406. The molecule has 0 radical (unpaired) electrons. The Morgan fingerprint density at radius 3 is 1.29 bits per heavy atom. The molecule has 0 saturated heterocycles. The molecule has 0 heterocycles. The van der Waals surface area contributed by atoms with Crippen LogP contribution in [-0.2, 0) is 39.2 Å². The van der Waals surface area contributed by atoms with Crippen molar-refractivity contribution in [2.24, 2.45) is 0 Å². The molecule has 0 aromatic carbocycles. The number of hydrogen-bond donors (Lipinski definition) is 2. The van der Waals surface area contributed by atoms with Gasteiger partial charge in [0.1, 0.15) is 0 Å². The Bertz CT molecular complexity index is 393. The number of hydrogen-bond acceptors (Lipinski definition) is 4. The SMILES string of the molecule is O=P(O)(CP(=O)(O)OC1CCCCC1)OC1CCCCC1.[NH2-].[NH2-].[Pt+2]. The predicted octanol–water partition coefficient (Wildman–Crippen LogP) is 5.45. The van der Waals surface area contributed by atoms with Crippen LogP contribution in [0.2, 0.25) is 0 Å². The molecule has 0 bridgehead atoms. The molecule has 0 aromatic heterocycles. The van der Waals surface area contributed by atoms with Gasteiger partial charge in [-0.05, 0) is 25.7 Å². The van der Waals surface area contributed by atoms with E-state index in [-0.39, 0.29) is 45.6 Å². The van der Waals surface area contributed by atoms with Gasteiger partial charge in [-0.15, -0.1) is 0 Å². The molecule has 0 spiro atoms. The molecule has 11 heteroatoms. The van der Waals surface area contributed by atoms with Crippen LogP contribution >= 0.6 is 15.2 Å². The summed E-state index contributed by atoms with van der Waals surface area (Å²) in [6.07, 6.45) is 8.52. The van der Waals surface area contributed by atoms with Gasteiger partial charge >= 0.3 is 36.3 Å². The van der Waals surface area contributed by atoms with Crippen molar-refractivity contribution in [3.8, 4) is 0 Å². The third-order valence-corrected chi connectivity index (χ3v) is 8.20. The van der Waals surface area contributed by atoms with Gasteiger partial charge in [0.15, 0.2) is 5.90 Å². The summed E-state index contributed by atoms with van der Waals surface area (Å²) in [7, 11) is -8.18. The summed E-state index contributed by atoms with van der Waals surface area (Å²) in [5.41, 5.74) is 0. The molecule has 2 saturated carbocycles. The van der Waals surface area contributed by atoms with Crippen molar-refractivity contribution in [3.05, 3.63) is 12.3 Å². The first-order valence-corrected chi connectivity index (χ1v) is 11.4. The molecule has 2 aliphatic carbocycles. The van der Waals surface area contributed by atoms with Crippen LogP contribution in [0.4, 0.5) is 0 Å². The maximum absolute atomic E-state index is 12.1. The molecule has 6 N–H and O–H groups in total. The summed E-state index contributed by atoms with van der Waals surface area (Å²) in [4.78, 5) is 19.7. The van der Waals surface area contributed by atoms with Crippen LogP contribution in [0.25, 0.3) is 12.3 Å². The van der Waals surface area contributed by atoms with Crippen molar-refractivity contribution in [2.45, 2.75) is 76.4 Å². The zero-order chi connectivity index (χ0) is 15.3. The first kappa shape index (κ1) is 27.1. The van der Waals surface area contributed by atoms with E-state index in [4.69, 9.17) is 9.05 Å². The molecule has 0 aromatic rings. The van der Waals surface area contributed by atoms with Gasteiger partial charge in [0.05, 0.1) is 12.2 Å². The molecule has 148 valence electrons. The smallest absolute Gasteiger partial charge is 0.693 e. The van der Waals surface area contributed by atoms with Crippen molar-refractivity contribution in [2.75, 3.05) is 5.90 Å². The van der Waals surface area contributed by atoms with Gasteiger partial charge in [0.2, 0.25) is 0 Å². The van der Waals surface area contributed by atoms with Gasteiger partial charge in [-0.25, -0.2) is 0 Å². The fourth-order valence-electron chi connectivity index (χ4n) is 3.10. The summed E-state index contributed by atoms with van der Waals surface area (Å²) in [6, 6.07) is 0. The molecule has 2 atom stereocenters. The average molecular weight is 567 g/mol. The number of rotatable bonds is 6. The van der Waals surface area contributed by atoms with Crippen LogP contribution in [0, 0.1) is 0 Å². The Morgan fingerprint density at radius 2 is 1.00 bits per heavy atom. The topological polar surface area (TPSA) is 160 Å². The maximum Gasteiger partial charge on any atom is 2.00 e. The van der Waals surface area contributed by atoms with Crippen LogP contribution in [0.5, 0.6) is 0 Å². The predicted molar refractivity (Wildman–Crippen MR) is 91.0 cm³/mol. The minimum Gasteiger partial charge on any atom is -0.693 e. The van der Waals surface area contributed by atoms with E-state index in [1.54, 1.807) is 0 Å². The first-order chi connectivity index (χ1) is 9.86. The number of nitrogens with two attached hydrogens (primary N) is 2. The van der Waals surface area contributed by atoms with Crippen LogP contribution in [0.15, 0.2) is 0 Å². The van der Waals surface area contributed by atoms with Crippen molar-refractivity contribution < 1.29 is 49.0 Å². The van der Waals surface area contributed by atoms with Crippen molar-refractivity contribution in [1.29, 1.82) is 0 Å². The third kappa shape index (κ3) is 10.2. The maximum atomic E-state index is 12.1. The first-order valence-electron chi connectivity index (χ1n) is 7.87. The Morgan fingerprint density at radius 1 is 0.708 bits per heavy atom. The summed E-state index contributed by atoms with van der Waals surface area (Å²) in [5.74, 6) is -0.799.